The van der Waals surface area contributed by atoms with Crippen molar-refractivity contribution in [1.29, 1.82) is 0 Å². The molecule has 0 heterocycles. The number of ether oxygens (including phenoxy) is 3. The van der Waals surface area contributed by atoms with Gasteiger partial charge in [-0.2, -0.15) is 0 Å². The molecule has 450 valence electrons. The van der Waals surface area contributed by atoms with Gasteiger partial charge in [0.1, 0.15) is 12.7 Å². The van der Waals surface area contributed by atoms with Crippen molar-refractivity contribution in [3.63, 3.8) is 0 Å². The van der Waals surface area contributed by atoms with Crippen molar-refractivity contribution in [2.75, 3.05) is 26.4 Å². The lowest BCUT2D eigenvalue weighted by Crippen LogP contribution is -2.30. The number of carbonyl (C=O) groups excluding carboxylic acids is 3. The third-order valence-electron chi connectivity index (χ3n) is 13.3. The van der Waals surface area contributed by atoms with E-state index in [0.717, 1.165) is 128 Å². The minimum absolute atomic E-state index is 0.146. The summed E-state index contributed by atoms with van der Waals surface area (Å²) >= 11 is 0. The summed E-state index contributed by atoms with van der Waals surface area (Å²) in [5.41, 5.74) is 0. The molecule has 2 N–H and O–H groups in total. The van der Waals surface area contributed by atoms with Crippen molar-refractivity contribution in [1.82, 2.24) is 0 Å². The Balaban J connectivity index is 4.68. The van der Waals surface area contributed by atoms with E-state index < -0.39 is 57.8 Å². The second-order valence-electron chi connectivity index (χ2n) is 20.8. The highest BCUT2D eigenvalue weighted by atomic mass is 31.2. The van der Waals surface area contributed by atoms with E-state index in [0.29, 0.717) is 19.3 Å². The fourth-order valence-electron chi connectivity index (χ4n) is 8.50. The van der Waals surface area contributed by atoms with Crippen molar-refractivity contribution in [2.24, 2.45) is 0 Å². The standard InChI is InChI=1S/C66H115O11P/c1-4-7-10-13-16-19-22-25-27-29-31-33-35-38-41-44-47-50-53-56-65(69)76-62(58-67)60-74-78(71,72)75-61-63(59-73-64(68)55-52-49-46-43-40-37-24-21-18-15-12-9-6-3)77-66(70)57-54-51-48-45-42-39-36-34-32-30-28-26-23-20-17-14-11-8-5-2/h8,11-12,15,17,20-21,24-28,32,34,62-63,67H,4-7,9-10,13-14,16,18-19,22-23,29-31,33,35-61H2,1-3H3,(H,71,72)/b11-8-,15-12-,20-17-,24-21-,27-25-,28-26-,34-32-. The van der Waals surface area contributed by atoms with E-state index in [1.807, 2.05) is 0 Å². The summed E-state index contributed by atoms with van der Waals surface area (Å²) in [7, 11) is -4.76. The second kappa shape index (κ2) is 59.8. The Bertz CT molecular complexity index is 1630. The van der Waals surface area contributed by atoms with Crippen LogP contribution in [-0.2, 0) is 42.2 Å². The van der Waals surface area contributed by atoms with Crippen LogP contribution in [0.15, 0.2) is 85.1 Å². The maximum absolute atomic E-state index is 12.9. The Hall–Kier alpha value is -3.34. The molecule has 0 aromatic heterocycles. The number of hydrogen-bond donors (Lipinski definition) is 2. The molecule has 0 aliphatic carbocycles. The highest BCUT2D eigenvalue weighted by Gasteiger charge is 2.28. The molecule has 0 saturated carbocycles. The van der Waals surface area contributed by atoms with E-state index in [1.165, 1.54) is 89.9 Å². The molecule has 0 aliphatic rings. The van der Waals surface area contributed by atoms with Crippen molar-refractivity contribution >= 4 is 25.7 Å². The first-order valence-electron chi connectivity index (χ1n) is 31.5. The Morgan fingerprint density at radius 1 is 0.372 bits per heavy atom. The average Bonchev–Trinajstić information content (AvgIpc) is 3.43. The Labute approximate surface area is 477 Å². The molecule has 0 spiro atoms. The number of phosphoric acid groups is 1. The molecular formula is C66H115O11P. The van der Waals surface area contributed by atoms with E-state index in [2.05, 4.69) is 106 Å². The van der Waals surface area contributed by atoms with Crippen molar-refractivity contribution in [2.45, 2.75) is 290 Å². The number of esters is 3. The minimum Gasteiger partial charge on any atom is -0.462 e. The van der Waals surface area contributed by atoms with Gasteiger partial charge in [-0.1, -0.05) is 234 Å². The zero-order valence-electron chi connectivity index (χ0n) is 49.9. The number of phosphoric ester groups is 1. The molecule has 0 amide bonds. The average molecular weight is 1120 g/mol. The number of unbranched alkanes of at least 4 members (excludes halogenated alkanes) is 27. The Morgan fingerprint density at radius 3 is 1.09 bits per heavy atom. The van der Waals surface area contributed by atoms with E-state index in [4.69, 9.17) is 23.3 Å². The lowest BCUT2D eigenvalue weighted by Gasteiger charge is -2.21. The molecule has 0 aromatic rings. The predicted octanol–water partition coefficient (Wildman–Crippen LogP) is 19.0. The van der Waals surface area contributed by atoms with Crippen molar-refractivity contribution in [3.05, 3.63) is 85.1 Å². The van der Waals surface area contributed by atoms with E-state index in [1.54, 1.807) is 0 Å². The summed E-state index contributed by atoms with van der Waals surface area (Å²) in [5.74, 6) is -1.49. The lowest BCUT2D eigenvalue weighted by molar-refractivity contribution is -0.161. The van der Waals surface area contributed by atoms with Gasteiger partial charge >= 0.3 is 25.7 Å². The fraction of sp³-hybridized carbons (Fsp3) is 0.742. The molecule has 11 nitrogen and oxygen atoms in total. The highest BCUT2D eigenvalue weighted by Crippen LogP contribution is 2.43. The molecule has 78 heavy (non-hydrogen) atoms. The predicted molar refractivity (Wildman–Crippen MR) is 325 cm³/mol. The lowest BCUT2D eigenvalue weighted by atomic mass is 10.1. The van der Waals surface area contributed by atoms with Gasteiger partial charge in [0.15, 0.2) is 6.10 Å². The van der Waals surface area contributed by atoms with Gasteiger partial charge in [0.2, 0.25) is 0 Å². The van der Waals surface area contributed by atoms with Gasteiger partial charge in [0.05, 0.1) is 19.8 Å². The van der Waals surface area contributed by atoms with Crippen LogP contribution in [0.3, 0.4) is 0 Å². The summed E-state index contributed by atoms with van der Waals surface area (Å²) in [6.07, 6.45) is 69.6. The maximum atomic E-state index is 12.9. The second-order valence-corrected chi connectivity index (χ2v) is 22.3. The van der Waals surface area contributed by atoms with E-state index in [9.17, 15) is 28.9 Å². The summed E-state index contributed by atoms with van der Waals surface area (Å²) in [4.78, 5) is 48.7. The number of carbonyl (C=O) groups is 3. The van der Waals surface area contributed by atoms with E-state index in [-0.39, 0.29) is 25.9 Å². The number of aliphatic hydroxyl groups is 1. The number of hydrogen-bond acceptors (Lipinski definition) is 10. The molecular weight excluding hydrogens is 1000 g/mol. The molecule has 3 atom stereocenters. The molecule has 3 unspecified atom stereocenters. The van der Waals surface area contributed by atoms with Gasteiger partial charge in [-0.25, -0.2) is 4.57 Å². The SMILES string of the molecule is CC/C=C\C/C=C\C/C=C\C/C=C\CCCCCCCCC(=O)OC(COC(=O)CCCCCCC/C=C\C/C=C\CCC)COP(=O)(O)OCC(CO)OC(=O)CCCCCCCCCCC/C=C\CCCCCCCC. The zero-order chi connectivity index (χ0) is 56.9. The van der Waals surface area contributed by atoms with Gasteiger partial charge in [-0.05, 0) is 109 Å². The maximum Gasteiger partial charge on any atom is 0.472 e. The van der Waals surface area contributed by atoms with Crippen LogP contribution >= 0.6 is 7.82 Å². The first-order chi connectivity index (χ1) is 38.2. The van der Waals surface area contributed by atoms with E-state index >= 15 is 0 Å². The third-order valence-corrected chi connectivity index (χ3v) is 14.2. The van der Waals surface area contributed by atoms with Crippen LogP contribution in [0.5, 0.6) is 0 Å². The van der Waals surface area contributed by atoms with Crippen LogP contribution in [0.1, 0.15) is 278 Å². The smallest absolute Gasteiger partial charge is 0.462 e. The number of aliphatic hydroxyl groups excluding tert-OH is 1. The van der Waals surface area contributed by atoms with Gasteiger partial charge < -0.3 is 24.2 Å². The quantitative estimate of drug-likeness (QED) is 0.0197. The fourth-order valence-corrected chi connectivity index (χ4v) is 9.28. The molecule has 0 bridgehead atoms. The van der Waals surface area contributed by atoms with Crippen LogP contribution < -0.4 is 0 Å². The molecule has 0 aromatic carbocycles. The zero-order valence-corrected chi connectivity index (χ0v) is 50.8. The van der Waals surface area contributed by atoms with Crippen LogP contribution in [-0.4, -0.2) is 66.5 Å². The largest absolute Gasteiger partial charge is 0.472 e. The third kappa shape index (κ3) is 57.3. The van der Waals surface area contributed by atoms with Crippen LogP contribution in [0.2, 0.25) is 0 Å². The molecule has 0 rings (SSSR count). The highest BCUT2D eigenvalue weighted by molar-refractivity contribution is 7.47. The Kier molecular flexibility index (Phi) is 57.2. The van der Waals surface area contributed by atoms with Crippen molar-refractivity contribution < 1.29 is 52.2 Å². The first kappa shape index (κ1) is 74.7. The normalized spacial score (nSPS) is 13.9. The monoisotopic (exact) mass is 1110 g/mol. The summed E-state index contributed by atoms with van der Waals surface area (Å²) in [6, 6.07) is 0. The minimum atomic E-state index is -4.76. The molecule has 0 radical (unpaired) electrons. The topological polar surface area (TPSA) is 155 Å². The van der Waals surface area contributed by atoms with Gasteiger partial charge in [0, 0.05) is 19.3 Å². The van der Waals surface area contributed by atoms with Gasteiger partial charge in [-0.15, -0.1) is 0 Å². The van der Waals surface area contributed by atoms with Gasteiger partial charge in [-0.3, -0.25) is 23.4 Å². The molecule has 12 heteroatoms. The molecule has 0 aliphatic heterocycles. The molecule has 0 saturated heterocycles. The number of rotatable bonds is 58. The Morgan fingerprint density at radius 2 is 0.692 bits per heavy atom. The molecule has 0 fully saturated rings. The van der Waals surface area contributed by atoms with Crippen LogP contribution in [0, 0.1) is 0 Å². The van der Waals surface area contributed by atoms with Crippen molar-refractivity contribution in [3.8, 4) is 0 Å². The van der Waals surface area contributed by atoms with Crippen LogP contribution in [0.4, 0.5) is 0 Å². The van der Waals surface area contributed by atoms with Crippen LogP contribution in [0.25, 0.3) is 0 Å². The summed E-state index contributed by atoms with van der Waals surface area (Å²) in [5, 5.41) is 9.85. The van der Waals surface area contributed by atoms with Gasteiger partial charge in [0.25, 0.3) is 0 Å². The number of allylic oxidation sites excluding steroid dienone is 14. The summed E-state index contributed by atoms with van der Waals surface area (Å²) in [6.45, 7) is 4.46. The summed E-state index contributed by atoms with van der Waals surface area (Å²) < 4.78 is 39.6. The first-order valence-corrected chi connectivity index (χ1v) is 33.0.